The predicted molar refractivity (Wildman–Crippen MR) is 136 cm³/mol. The van der Waals surface area contributed by atoms with Gasteiger partial charge in [-0.25, -0.2) is 0 Å². The number of carbonyl (C=O) groups excluding carboxylic acids is 2. The number of ether oxygens (including phenoxy) is 1. The van der Waals surface area contributed by atoms with Crippen LogP contribution in [-0.4, -0.2) is 68.1 Å². The number of benzene rings is 1. The van der Waals surface area contributed by atoms with Gasteiger partial charge in [-0.15, -0.1) is 11.3 Å². The van der Waals surface area contributed by atoms with Crippen molar-refractivity contribution >= 4 is 23.2 Å². The quantitative estimate of drug-likeness (QED) is 0.544. The van der Waals surface area contributed by atoms with Crippen molar-refractivity contribution in [3.05, 3.63) is 57.8 Å². The van der Waals surface area contributed by atoms with Crippen LogP contribution in [0.3, 0.4) is 0 Å². The van der Waals surface area contributed by atoms with Crippen molar-refractivity contribution in [1.82, 2.24) is 15.1 Å². The molecule has 1 saturated heterocycles. The number of hydrogen-bond acceptors (Lipinski definition) is 5. The van der Waals surface area contributed by atoms with Gasteiger partial charge in [0.2, 0.25) is 5.91 Å². The first-order valence-corrected chi connectivity index (χ1v) is 13.3. The molecule has 2 aliphatic rings. The largest absolute Gasteiger partial charge is 0.383 e. The van der Waals surface area contributed by atoms with E-state index in [2.05, 4.69) is 24.1 Å². The molecular weight excluding hydrogens is 446 g/mol. The second kappa shape index (κ2) is 11.5. The number of hydrogen-bond donors (Lipinski definition) is 1. The van der Waals surface area contributed by atoms with Crippen molar-refractivity contribution in [3.63, 3.8) is 0 Å². The molecule has 1 aromatic carbocycles. The number of nitrogens with zero attached hydrogens (tertiary/aromatic N) is 2. The molecule has 7 heteroatoms. The number of amides is 2. The summed E-state index contributed by atoms with van der Waals surface area (Å²) in [7, 11) is 1.64. The number of methoxy groups -OCH3 is 1. The van der Waals surface area contributed by atoms with Gasteiger partial charge < -0.3 is 19.9 Å². The number of likely N-dealkylation sites (tertiary alicyclic amines) is 1. The summed E-state index contributed by atoms with van der Waals surface area (Å²) >= 11 is 1.59. The molecule has 1 fully saturated rings. The second-order valence-electron chi connectivity index (χ2n) is 9.87. The van der Waals surface area contributed by atoms with Gasteiger partial charge in [-0.2, -0.15) is 0 Å². The van der Waals surface area contributed by atoms with Crippen LogP contribution in [0.1, 0.15) is 59.4 Å². The highest BCUT2D eigenvalue weighted by Crippen LogP contribution is 2.44. The Hall–Kier alpha value is -2.22. The van der Waals surface area contributed by atoms with Gasteiger partial charge in [0.05, 0.1) is 18.6 Å². The number of piperidine rings is 1. The van der Waals surface area contributed by atoms with Crippen molar-refractivity contribution in [2.24, 2.45) is 11.8 Å². The molecule has 0 radical (unpaired) electrons. The van der Waals surface area contributed by atoms with Crippen molar-refractivity contribution in [1.29, 1.82) is 0 Å². The Morgan fingerprint density at radius 1 is 1.12 bits per heavy atom. The molecule has 0 spiro atoms. The Labute approximate surface area is 207 Å². The van der Waals surface area contributed by atoms with E-state index in [4.69, 9.17) is 4.74 Å². The SMILES string of the molecule is COCCN1C(=O)c2ccccc2[C@H](C(=O)NCCCN2C[C@H](C)C[C@H](C)C2)[C@H]1c1cccs1. The molecule has 0 saturated carbocycles. The van der Waals surface area contributed by atoms with E-state index in [-0.39, 0.29) is 17.9 Å². The number of nitrogens with one attached hydrogen (secondary N) is 1. The molecule has 184 valence electrons. The van der Waals surface area contributed by atoms with Crippen molar-refractivity contribution < 1.29 is 14.3 Å². The van der Waals surface area contributed by atoms with E-state index < -0.39 is 5.92 Å². The summed E-state index contributed by atoms with van der Waals surface area (Å²) < 4.78 is 5.30. The van der Waals surface area contributed by atoms with Gasteiger partial charge in [0, 0.05) is 43.7 Å². The molecule has 4 rings (SSSR count). The molecule has 0 unspecified atom stereocenters. The molecule has 3 heterocycles. The molecule has 0 bridgehead atoms. The number of carbonyl (C=O) groups is 2. The summed E-state index contributed by atoms with van der Waals surface area (Å²) in [5.74, 6) is 0.975. The van der Waals surface area contributed by atoms with E-state index in [1.54, 1.807) is 18.4 Å². The zero-order chi connectivity index (χ0) is 24.1. The van der Waals surface area contributed by atoms with Crippen LogP contribution in [0.2, 0.25) is 0 Å². The summed E-state index contributed by atoms with van der Waals surface area (Å²) in [6.07, 6.45) is 2.23. The maximum absolute atomic E-state index is 13.7. The molecule has 1 N–H and O–H groups in total. The maximum atomic E-state index is 13.7. The van der Waals surface area contributed by atoms with Crippen LogP contribution in [0, 0.1) is 11.8 Å². The smallest absolute Gasteiger partial charge is 0.254 e. The van der Waals surface area contributed by atoms with E-state index in [1.807, 2.05) is 46.7 Å². The van der Waals surface area contributed by atoms with Gasteiger partial charge in [-0.1, -0.05) is 38.1 Å². The lowest BCUT2D eigenvalue weighted by Gasteiger charge is -2.41. The molecule has 6 nitrogen and oxygen atoms in total. The molecule has 4 atom stereocenters. The Morgan fingerprint density at radius 2 is 1.88 bits per heavy atom. The Bertz CT molecular complexity index is 954. The molecular formula is C27H37N3O3S. The fraction of sp³-hybridized carbons (Fsp3) is 0.556. The van der Waals surface area contributed by atoms with Gasteiger partial charge in [-0.05, 0) is 54.3 Å². The number of fused-ring (bicyclic) bond motifs is 1. The van der Waals surface area contributed by atoms with Crippen LogP contribution in [0.15, 0.2) is 41.8 Å². The number of thiophene rings is 1. The molecule has 1 aromatic heterocycles. The highest BCUT2D eigenvalue weighted by Gasteiger charge is 2.44. The zero-order valence-corrected chi connectivity index (χ0v) is 21.4. The van der Waals surface area contributed by atoms with Crippen LogP contribution in [-0.2, 0) is 9.53 Å². The Morgan fingerprint density at radius 3 is 2.59 bits per heavy atom. The number of rotatable bonds is 9. The fourth-order valence-corrected chi connectivity index (χ4v) is 6.56. The third-order valence-corrected chi connectivity index (χ3v) is 7.93. The van der Waals surface area contributed by atoms with Gasteiger partial charge in [0.25, 0.3) is 5.91 Å². The lowest BCUT2D eigenvalue weighted by molar-refractivity contribution is -0.124. The topological polar surface area (TPSA) is 61.9 Å². The van der Waals surface area contributed by atoms with Crippen molar-refractivity contribution in [2.45, 2.75) is 38.6 Å². The molecule has 34 heavy (non-hydrogen) atoms. The highest BCUT2D eigenvalue weighted by atomic mass is 32.1. The summed E-state index contributed by atoms with van der Waals surface area (Å²) in [5, 5.41) is 5.21. The van der Waals surface area contributed by atoms with Gasteiger partial charge >= 0.3 is 0 Å². The Kier molecular flexibility index (Phi) is 8.40. The minimum atomic E-state index is -0.445. The fourth-order valence-electron chi connectivity index (χ4n) is 5.69. The third-order valence-electron chi connectivity index (χ3n) is 6.99. The van der Waals surface area contributed by atoms with Crippen molar-refractivity contribution in [2.75, 3.05) is 46.4 Å². The van der Waals surface area contributed by atoms with E-state index in [9.17, 15) is 9.59 Å². The van der Waals surface area contributed by atoms with E-state index >= 15 is 0 Å². The molecule has 2 amide bonds. The monoisotopic (exact) mass is 483 g/mol. The molecule has 0 aliphatic carbocycles. The van der Waals surface area contributed by atoms with Gasteiger partial charge in [0.1, 0.15) is 0 Å². The van der Waals surface area contributed by atoms with Crippen LogP contribution in [0.5, 0.6) is 0 Å². The summed E-state index contributed by atoms with van der Waals surface area (Å²) in [5.41, 5.74) is 1.43. The van der Waals surface area contributed by atoms with E-state index in [0.717, 1.165) is 48.3 Å². The first-order valence-electron chi connectivity index (χ1n) is 12.4. The van der Waals surface area contributed by atoms with Crippen LogP contribution < -0.4 is 5.32 Å². The lowest BCUT2D eigenvalue weighted by atomic mass is 9.81. The average Bonchev–Trinajstić information content (AvgIpc) is 3.35. The van der Waals surface area contributed by atoms with E-state index in [1.165, 1.54) is 6.42 Å². The van der Waals surface area contributed by atoms with Gasteiger partial charge in [0.15, 0.2) is 0 Å². The standard InChI is InChI=1S/C27H37N3O3S/c1-19-16-20(2)18-29(17-19)12-7-11-28-26(31)24-21-8-4-5-9-22(21)27(32)30(13-14-33-3)25(24)23-10-6-15-34-23/h4-6,8-10,15,19-20,24-25H,7,11-14,16-18H2,1-3H3,(H,28,31)/t19-,20+,24-,25+/m0/s1. The van der Waals surface area contributed by atoms with Crippen LogP contribution in [0.25, 0.3) is 0 Å². The second-order valence-corrected chi connectivity index (χ2v) is 10.8. The van der Waals surface area contributed by atoms with Crippen molar-refractivity contribution in [3.8, 4) is 0 Å². The first kappa shape index (κ1) is 24.9. The minimum Gasteiger partial charge on any atom is -0.383 e. The summed E-state index contributed by atoms with van der Waals surface area (Å²) in [6.45, 7) is 9.45. The lowest BCUT2D eigenvalue weighted by Crippen LogP contribution is -2.48. The summed E-state index contributed by atoms with van der Waals surface area (Å²) in [4.78, 5) is 32.5. The first-order chi connectivity index (χ1) is 16.5. The highest BCUT2D eigenvalue weighted by molar-refractivity contribution is 7.10. The van der Waals surface area contributed by atoms with E-state index in [0.29, 0.717) is 25.3 Å². The third kappa shape index (κ3) is 5.53. The summed E-state index contributed by atoms with van der Waals surface area (Å²) in [6, 6.07) is 11.2. The minimum absolute atomic E-state index is 0.0128. The predicted octanol–water partition coefficient (Wildman–Crippen LogP) is 4.16. The molecule has 2 aromatic rings. The van der Waals surface area contributed by atoms with Crippen LogP contribution in [0.4, 0.5) is 0 Å². The van der Waals surface area contributed by atoms with Gasteiger partial charge in [-0.3, -0.25) is 9.59 Å². The zero-order valence-electron chi connectivity index (χ0n) is 20.5. The van der Waals surface area contributed by atoms with Crippen LogP contribution >= 0.6 is 11.3 Å². The average molecular weight is 484 g/mol. The maximum Gasteiger partial charge on any atom is 0.254 e. The Balaban J connectivity index is 1.50. The molecule has 2 aliphatic heterocycles. The normalized spacial score (nSPS) is 25.3.